The van der Waals surface area contributed by atoms with E-state index in [1.807, 2.05) is 11.8 Å². The Morgan fingerprint density at radius 2 is 2.11 bits per heavy atom. The second-order valence-electron chi connectivity index (χ2n) is 6.15. The van der Waals surface area contributed by atoms with Gasteiger partial charge >= 0.3 is 0 Å². The second-order valence-corrected chi connectivity index (χ2v) is 7.28. The van der Waals surface area contributed by atoms with E-state index in [0.717, 1.165) is 6.54 Å². The van der Waals surface area contributed by atoms with Gasteiger partial charge in [-0.15, -0.1) is 11.8 Å². The van der Waals surface area contributed by atoms with E-state index in [0.29, 0.717) is 6.04 Å². The zero-order valence-electron chi connectivity index (χ0n) is 12.0. The molecular formula is C16H25NS. The quantitative estimate of drug-likeness (QED) is 0.860. The fourth-order valence-electron chi connectivity index (χ4n) is 2.39. The predicted molar refractivity (Wildman–Crippen MR) is 81.5 cm³/mol. The van der Waals surface area contributed by atoms with Crippen molar-refractivity contribution in [1.29, 1.82) is 0 Å². The second kappa shape index (κ2) is 5.66. The molecule has 1 unspecified atom stereocenters. The molecule has 0 saturated carbocycles. The molecule has 18 heavy (non-hydrogen) atoms. The fraction of sp³-hybridized carbons (Fsp3) is 0.625. The highest BCUT2D eigenvalue weighted by Gasteiger charge is 2.23. The van der Waals surface area contributed by atoms with Gasteiger partial charge in [0.05, 0.1) is 0 Å². The first kappa shape index (κ1) is 14.0. The van der Waals surface area contributed by atoms with Crippen LogP contribution in [0.5, 0.6) is 0 Å². The topological polar surface area (TPSA) is 12.0 Å². The minimum Gasteiger partial charge on any atom is -0.310 e. The van der Waals surface area contributed by atoms with Gasteiger partial charge in [-0.05, 0) is 47.7 Å². The summed E-state index contributed by atoms with van der Waals surface area (Å²) in [6.45, 7) is 10.2. The minimum atomic E-state index is 0.243. The molecule has 1 nitrogen and oxygen atoms in total. The lowest BCUT2D eigenvalue weighted by Gasteiger charge is -2.29. The van der Waals surface area contributed by atoms with Gasteiger partial charge in [-0.2, -0.15) is 0 Å². The lowest BCUT2D eigenvalue weighted by atomic mass is 9.85. The fourth-order valence-corrected chi connectivity index (χ4v) is 3.50. The van der Waals surface area contributed by atoms with E-state index in [9.17, 15) is 0 Å². The monoisotopic (exact) mass is 263 g/mol. The number of thioether (sulfide) groups is 1. The lowest BCUT2D eigenvalue weighted by molar-refractivity contribution is 0.506. The van der Waals surface area contributed by atoms with Crippen LogP contribution in [0, 0.1) is 0 Å². The average Bonchev–Trinajstić information content (AvgIpc) is 2.34. The largest absolute Gasteiger partial charge is 0.310 e. The van der Waals surface area contributed by atoms with Crippen molar-refractivity contribution in [1.82, 2.24) is 5.32 Å². The molecule has 0 amide bonds. The number of rotatable bonds is 3. The van der Waals surface area contributed by atoms with Crippen LogP contribution in [-0.2, 0) is 5.41 Å². The van der Waals surface area contributed by atoms with E-state index in [4.69, 9.17) is 0 Å². The van der Waals surface area contributed by atoms with Crippen LogP contribution in [0.1, 0.15) is 57.7 Å². The van der Waals surface area contributed by atoms with Gasteiger partial charge in [0.15, 0.2) is 0 Å². The van der Waals surface area contributed by atoms with Crippen LogP contribution in [0.2, 0.25) is 0 Å². The third-order valence-corrected chi connectivity index (χ3v) is 4.68. The molecule has 1 aromatic rings. The van der Waals surface area contributed by atoms with Gasteiger partial charge in [-0.25, -0.2) is 0 Å². The van der Waals surface area contributed by atoms with Crippen LogP contribution in [-0.4, -0.2) is 12.3 Å². The van der Waals surface area contributed by atoms with Crippen LogP contribution in [0.25, 0.3) is 0 Å². The maximum absolute atomic E-state index is 3.69. The Labute approximate surface area is 116 Å². The predicted octanol–water partition coefficient (Wildman–Crippen LogP) is 4.52. The molecule has 1 N–H and O–H groups in total. The van der Waals surface area contributed by atoms with Crippen LogP contribution >= 0.6 is 11.8 Å². The SMILES string of the molecule is CCCNC1CCSc2ccc(C(C)(C)C)cc21. The van der Waals surface area contributed by atoms with E-state index in [-0.39, 0.29) is 5.41 Å². The number of benzene rings is 1. The average molecular weight is 263 g/mol. The summed E-state index contributed by atoms with van der Waals surface area (Å²) in [6.07, 6.45) is 2.46. The van der Waals surface area contributed by atoms with Gasteiger partial charge < -0.3 is 5.32 Å². The number of hydrogen-bond acceptors (Lipinski definition) is 2. The van der Waals surface area contributed by atoms with Gasteiger partial charge in [-0.3, -0.25) is 0 Å². The highest BCUT2D eigenvalue weighted by Crippen LogP contribution is 2.38. The summed E-state index contributed by atoms with van der Waals surface area (Å²) >= 11 is 2.01. The molecule has 2 rings (SSSR count). The van der Waals surface area contributed by atoms with Crippen LogP contribution < -0.4 is 5.32 Å². The molecule has 0 radical (unpaired) electrons. The van der Waals surface area contributed by atoms with Gasteiger partial charge in [-0.1, -0.05) is 39.8 Å². The van der Waals surface area contributed by atoms with E-state index < -0.39 is 0 Å². The summed E-state index contributed by atoms with van der Waals surface area (Å²) in [4.78, 5) is 1.47. The molecule has 2 heteroatoms. The molecule has 0 fully saturated rings. The van der Waals surface area contributed by atoms with Crippen molar-refractivity contribution >= 4 is 11.8 Å². The summed E-state index contributed by atoms with van der Waals surface area (Å²) in [5.41, 5.74) is 3.21. The molecule has 1 atom stereocenters. The molecule has 0 bridgehead atoms. The zero-order valence-corrected chi connectivity index (χ0v) is 12.9. The smallest absolute Gasteiger partial charge is 0.0339 e. The van der Waals surface area contributed by atoms with Crippen LogP contribution in [0.4, 0.5) is 0 Å². The Hall–Kier alpha value is -0.470. The zero-order chi connectivity index (χ0) is 13.2. The summed E-state index contributed by atoms with van der Waals surface area (Å²) in [5, 5.41) is 3.69. The normalized spacial score (nSPS) is 19.7. The van der Waals surface area contributed by atoms with Crippen molar-refractivity contribution in [2.45, 2.75) is 56.9 Å². The maximum atomic E-state index is 3.69. The molecule has 0 spiro atoms. The van der Waals surface area contributed by atoms with Gasteiger partial charge in [0.1, 0.15) is 0 Å². The van der Waals surface area contributed by atoms with Gasteiger partial charge in [0.25, 0.3) is 0 Å². The summed E-state index contributed by atoms with van der Waals surface area (Å²) < 4.78 is 0. The maximum Gasteiger partial charge on any atom is 0.0339 e. The number of fused-ring (bicyclic) bond motifs is 1. The van der Waals surface area contributed by atoms with Crippen molar-refractivity contribution < 1.29 is 0 Å². The third kappa shape index (κ3) is 3.10. The molecule has 0 aromatic heterocycles. The highest BCUT2D eigenvalue weighted by atomic mass is 32.2. The van der Waals surface area contributed by atoms with Gasteiger partial charge in [0, 0.05) is 10.9 Å². The first-order chi connectivity index (χ1) is 8.52. The van der Waals surface area contributed by atoms with E-state index >= 15 is 0 Å². The van der Waals surface area contributed by atoms with Crippen molar-refractivity contribution in [3.05, 3.63) is 29.3 Å². The molecule has 1 heterocycles. The van der Waals surface area contributed by atoms with E-state index in [1.165, 1.54) is 34.6 Å². The summed E-state index contributed by atoms with van der Waals surface area (Å²) in [6, 6.07) is 7.60. The summed E-state index contributed by atoms with van der Waals surface area (Å²) in [5.74, 6) is 1.24. The number of hydrogen-bond donors (Lipinski definition) is 1. The Bertz CT molecular complexity index is 406. The van der Waals surface area contributed by atoms with E-state index in [2.05, 4.69) is 51.2 Å². The minimum absolute atomic E-state index is 0.243. The van der Waals surface area contributed by atoms with Crippen molar-refractivity contribution in [3.8, 4) is 0 Å². The molecule has 1 aromatic carbocycles. The first-order valence-corrected chi connectivity index (χ1v) is 8.01. The molecule has 1 aliphatic heterocycles. The number of nitrogens with one attached hydrogen (secondary N) is 1. The Balaban J connectivity index is 2.29. The van der Waals surface area contributed by atoms with Gasteiger partial charge in [0.2, 0.25) is 0 Å². The summed E-state index contributed by atoms with van der Waals surface area (Å²) in [7, 11) is 0. The molecule has 1 aliphatic rings. The molecule has 0 aliphatic carbocycles. The Morgan fingerprint density at radius 3 is 2.78 bits per heavy atom. The molecule has 0 saturated heterocycles. The Morgan fingerprint density at radius 1 is 1.33 bits per heavy atom. The van der Waals surface area contributed by atoms with E-state index in [1.54, 1.807) is 0 Å². The van der Waals surface area contributed by atoms with Crippen LogP contribution in [0.15, 0.2) is 23.1 Å². The molecular weight excluding hydrogens is 238 g/mol. The van der Waals surface area contributed by atoms with Crippen molar-refractivity contribution in [3.63, 3.8) is 0 Å². The van der Waals surface area contributed by atoms with Crippen molar-refractivity contribution in [2.75, 3.05) is 12.3 Å². The molecule has 100 valence electrons. The highest BCUT2D eigenvalue weighted by molar-refractivity contribution is 7.99. The standard InChI is InChI=1S/C16H25NS/c1-5-9-17-14-8-10-18-15-7-6-12(11-13(14)15)16(2,3)4/h6-7,11,14,17H,5,8-10H2,1-4H3. The van der Waals surface area contributed by atoms with Crippen molar-refractivity contribution in [2.24, 2.45) is 0 Å². The lowest BCUT2D eigenvalue weighted by Crippen LogP contribution is -2.26. The first-order valence-electron chi connectivity index (χ1n) is 7.03. The van der Waals surface area contributed by atoms with Crippen LogP contribution in [0.3, 0.4) is 0 Å². The third-order valence-electron chi connectivity index (χ3n) is 3.56. The Kier molecular flexibility index (Phi) is 4.39.